The van der Waals surface area contributed by atoms with E-state index in [9.17, 15) is 25.2 Å². The van der Waals surface area contributed by atoms with Gasteiger partial charge >= 0.3 is 0 Å². The number of nitrogens with zero attached hydrogens (tertiary/aromatic N) is 1. The lowest BCUT2D eigenvalue weighted by Crippen LogP contribution is -2.60. The van der Waals surface area contributed by atoms with E-state index in [1.54, 1.807) is 10.9 Å². The summed E-state index contributed by atoms with van der Waals surface area (Å²) in [5, 5.41) is 41.0. The average molecular weight is 407 g/mol. The second-order valence-corrected chi connectivity index (χ2v) is 7.04. The molecule has 0 aliphatic carbocycles. The van der Waals surface area contributed by atoms with Crippen LogP contribution in [-0.4, -0.2) is 62.7 Å². The van der Waals surface area contributed by atoms with Gasteiger partial charge in [0.1, 0.15) is 42.0 Å². The van der Waals surface area contributed by atoms with Crippen molar-refractivity contribution < 1.29 is 34.3 Å². The van der Waals surface area contributed by atoms with Gasteiger partial charge in [0.25, 0.3) is 0 Å². The van der Waals surface area contributed by atoms with Gasteiger partial charge in [-0.05, 0) is 12.1 Å². The molecule has 28 heavy (non-hydrogen) atoms. The molecule has 148 valence electrons. The molecule has 3 aromatic rings. The number of fused-ring (bicyclic) bond motifs is 1. The fourth-order valence-corrected chi connectivity index (χ4v) is 3.56. The van der Waals surface area contributed by atoms with Gasteiger partial charge in [0, 0.05) is 11.4 Å². The van der Waals surface area contributed by atoms with Crippen LogP contribution in [0.1, 0.15) is 0 Å². The van der Waals surface area contributed by atoms with Crippen molar-refractivity contribution in [3.63, 3.8) is 0 Å². The first-order valence-corrected chi connectivity index (χ1v) is 9.35. The maximum atomic E-state index is 12.7. The summed E-state index contributed by atoms with van der Waals surface area (Å²) in [5.41, 5.74) is 2.51. The maximum Gasteiger partial charge on any atom is 0.229 e. The zero-order chi connectivity index (χ0) is 19.8. The van der Waals surface area contributed by atoms with Crippen molar-refractivity contribution in [2.75, 3.05) is 6.61 Å². The molecule has 3 heterocycles. The lowest BCUT2D eigenvalue weighted by molar-refractivity contribution is -0.277. The molecule has 5 atom stereocenters. The Morgan fingerprint density at radius 1 is 1.18 bits per heavy atom. The van der Waals surface area contributed by atoms with Crippen LogP contribution in [-0.2, 0) is 4.74 Å². The van der Waals surface area contributed by atoms with E-state index >= 15 is 0 Å². The van der Waals surface area contributed by atoms with Gasteiger partial charge in [-0.2, -0.15) is 0 Å². The summed E-state index contributed by atoms with van der Waals surface area (Å²) in [6, 6.07) is 4.45. The molecule has 1 fully saturated rings. The number of ether oxygens (including phenoxy) is 2. The minimum Gasteiger partial charge on any atom is -0.463 e. The molecule has 10 heteroatoms. The fourth-order valence-electron chi connectivity index (χ4n) is 3.00. The number of rotatable bonds is 4. The zero-order valence-electron chi connectivity index (χ0n) is 14.3. The third-order valence-electron chi connectivity index (χ3n) is 4.56. The van der Waals surface area contributed by atoms with Crippen molar-refractivity contribution in [1.82, 2.24) is 4.98 Å². The summed E-state index contributed by atoms with van der Waals surface area (Å²) in [5.74, 6) is 0.210. The van der Waals surface area contributed by atoms with Gasteiger partial charge < -0.3 is 34.3 Å². The number of aliphatic hydroxyl groups excluding tert-OH is 4. The molecule has 4 rings (SSSR count). The Labute approximate surface area is 162 Å². The van der Waals surface area contributed by atoms with E-state index in [2.05, 4.69) is 4.98 Å². The van der Waals surface area contributed by atoms with Crippen molar-refractivity contribution in [2.24, 2.45) is 0 Å². The standard InChI is InChI=1S/C18H17NO8S/c20-4-13-15(22)16(23)17(24)18(27-13)26-8-1-2-9-12(3-8)25-5-10(14(9)21)11-6-28-7-19-11/h1-3,5-7,13,15-18,20,22-24H,4H2/t13-,15+,16+,17-,18-/m0/s1. The number of thiazole rings is 1. The van der Waals surface area contributed by atoms with Gasteiger partial charge in [-0.15, -0.1) is 11.3 Å². The molecule has 1 saturated heterocycles. The maximum absolute atomic E-state index is 12.7. The molecular weight excluding hydrogens is 390 g/mol. The molecule has 1 aliphatic heterocycles. The molecular formula is C18H17NO8S. The van der Waals surface area contributed by atoms with Gasteiger partial charge in [-0.1, -0.05) is 0 Å². The minimum atomic E-state index is -1.55. The number of hydrogen-bond acceptors (Lipinski definition) is 10. The normalized spacial score (nSPS) is 27.8. The average Bonchev–Trinajstić information content (AvgIpc) is 3.23. The van der Waals surface area contributed by atoms with Crippen LogP contribution in [0.3, 0.4) is 0 Å². The summed E-state index contributed by atoms with van der Waals surface area (Å²) in [4.78, 5) is 16.8. The molecule has 0 spiro atoms. The molecule has 0 amide bonds. The van der Waals surface area contributed by atoms with E-state index in [1.165, 1.54) is 35.8 Å². The van der Waals surface area contributed by atoms with E-state index in [0.29, 0.717) is 16.6 Å². The van der Waals surface area contributed by atoms with Crippen molar-refractivity contribution in [3.05, 3.63) is 45.6 Å². The molecule has 2 aromatic heterocycles. The first kappa shape index (κ1) is 19.0. The third-order valence-corrected chi connectivity index (χ3v) is 5.14. The Bertz CT molecular complexity index is 1020. The van der Waals surface area contributed by atoms with Crippen molar-refractivity contribution in [1.29, 1.82) is 0 Å². The van der Waals surface area contributed by atoms with Crippen LogP contribution in [0.15, 0.2) is 44.6 Å². The Morgan fingerprint density at radius 3 is 2.71 bits per heavy atom. The highest BCUT2D eigenvalue weighted by Gasteiger charge is 2.44. The van der Waals surface area contributed by atoms with Gasteiger partial charge in [0.2, 0.25) is 11.7 Å². The minimum absolute atomic E-state index is 0.210. The highest BCUT2D eigenvalue weighted by molar-refractivity contribution is 7.07. The second-order valence-electron chi connectivity index (χ2n) is 6.33. The predicted octanol–water partition coefficient (Wildman–Crippen LogP) is 0.0952. The van der Waals surface area contributed by atoms with Crippen molar-refractivity contribution in [3.8, 4) is 17.0 Å². The summed E-state index contributed by atoms with van der Waals surface area (Å²) in [6.07, 6.45) is -5.64. The van der Waals surface area contributed by atoms with Crippen LogP contribution in [0.5, 0.6) is 5.75 Å². The van der Waals surface area contributed by atoms with E-state index < -0.39 is 37.3 Å². The number of benzene rings is 1. The van der Waals surface area contributed by atoms with E-state index in [-0.39, 0.29) is 16.8 Å². The molecule has 0 radical (unpaired) electrons. The lowest BCUT2D eigenvalue weighted by atomic mass is 9.99. The first-order chi connectivity index (χ1) is 13.5. The first-order valence-electron chi connectivity index (χ1n) is 8.41. The number of aliphatic hydroxyl groups is 4. The highest BCUT2D eigenvalue weighted by Crippen LogP contribution is 2.27. The van der Waals surface area contributed by atoms with E-state index in [1.807, 2.05) is 0 Å². The topological polar surface area (TPSA) is 142 Å². The van der Waals surface area contributed by atoms with Gasteiger partial charge in [-0.25, -0.2) is 4.98 Å². The largest absolute Gasteiger partial charge is 0.463 e. The van der Waals surface area contributed by atoms with Crippen molar-refractivity contribution >= 4 is 22.3 Å². The summed E-state index contributed by atoms with van der Waals surface area (Å²) < 4.78 is 16.4. The summed E-state index contributed by atoms with van der Waals surface area (Å²) >= 11 is 1.37. The quantitative estimate of drug-likeness (QED) is 0.473. The Balaban J connectivity index is 1.62. The zero-order valence-corrected chi connectivity index (χ0v) is 15.2. The fraction of sp³-hybridized carbons (Fsp3) is 0.333. The second kappa shape index (κ2) is 7.59. The molecule has 0 bridgehead atoms. The Morgan fingerprint density at radius 2 is 2.00 bits per heavy atom. The Kier molecular flexibility index (Phi) is 5.15. The van der Waals surface area contributed by atoms with Gasteiger partial charge in [0.05, 0.1) is 28.8 Å². The monoisotopic (exact) mass is 407 g/mol. The molecule has 1 aromatic carbocycles. The molecule has 0 unspecified atom stereocenters. The van der Waals surface area contributed by atoms with E-state index in [0.717, 1.165) is 0 Å². The third kappa shape index (κ3) is 3.30. The van der Waals surface area contributed by atoms with Crippen LogP contribution in [0.2, 0.25) is 0 Å². The smallest absolute Gasteiger partial charge is 0.229 e. The van der Waals surface area contributed by atoms with Crippen molar-refractivity contribution in [2.45, 2.75) is 30.7 Å². The molecule has 0 saturated carbocycles. The van der Waals surface area contributed by atoms with Crippen LogP contribution in [0.25, 0.3) is 22.2 Å². The summed E-state index contributed by atoms with van der Waals surface area (Å²) in [6.45, 7) is -0.559. The van der Waals surface area contributed by atoms with Crippen LogP contribution in [0, 0.1) is 0 Å². The molecule has 9 nitrogen and oxygen atoms in total. The highest BCUT2D eigenvalue weighted by atomic mass is 32.1. The van der Waals surface area contributed by atoms with Crippen LogP contribution in [0.4, 0.5) is 0 Å². The van der Waals surface area contributed by atoms with Crippen LogP contribution < -0.4 is 10.2 Å². The lowest BCUT2D eigenvalue weighted by Gasteiger charge is -2.39. The molecule has 4 N–H and O–H groups in total. The van der Waals surface area contributed by atoms with Crippen LogP contribution >= 0.6 is 11.3 Å². The number of aromatic nitrogens is 1. The summed E-state index contributed by atoms with van der Waals surface area (Å²) in [7, 11) is 0. The van der Waals surface area contributed by atoms with E-state index in [4.69, 9.17) is 13.9 Å². The number of hydrogen-bond donors (Lipinski definition) is 4. The Hall–Kier alpha value is -2.34. The van der Waals surface area contributed by atoms with Gasteiger partial charge in [-0.3, -0.25) is 4.79 Å². The van der Waals surface area contributed by atoms with Gasteiger partial charge in [0.15, 0.2) is 0 Å². The molecule has 1 aliphatic rings. The SMILES string of the molecule is O=c1c(-c2cscn2)coc2cc(O[C@H]3O[C@@H](CO)[C@@H](O)[C@@H](O)[C@@H]3O)ccc12. The predicted molar refractivity (Wildman–Crippen MR) is 98.0 cm³/mol.